The third-order valence-corrected chi connectivity index (χ3v) is 6.97. The van der Waals surface area contributed by atoms with Gasteiger partial charge in [-0.25, -0.2) is 0 Å². The number of hydrogen-bond acceptors (Lipinski definition) is 6. The molecule has 116 valence electrons. The highest BCUT2D eigenvalue weighted by Gasteiger charge is 2.31. The summed E-state index contributed by atoms with van der Waals surface area (Å²) in [4.78, 5) is 2.82. The molecular weight excluding hydrogens is 330 g/mol. The Balaban J connectivity index is 1.65. The number of nitrogens with one attached hydrogen (secondary N) is 1. The van der Waals surface area contributed by atoms with E-state index in [2.05, 4.69) is 29.8 Å². The summed E-state index contributed by atoms with van der Waals surface area (Å²) in [5.74, 6) is 0.731. The Labute approximate surface area is 142 Å². The van der Waals surface area contributed by atoms with Crippen LogP contribution in [0.2, 0.25) is 0 Å². The molecule has 3 heterocycles. The van der Waals surface area contributed by atoms with Gasteiger partial charge in [-0.2, -0.15) is 4.37 Å². The molecule has 1 aliphatic carbocycles. The number of anilines is 1. The van der Waals surface area contributed by atoms with Crippen molar-refractivity contribution in [2.24, 2.45) is 5.73 Å². The number of rotatable bonds is 6. The van der Waals surface area contributed by atoms with Gasteiger partial charge in [0.2, 0.25) is 0 Å². The van der Waals surface area contributed by atoms with Crippen LogP contribution in [0.5, 0.6) is 0 Å². The van der Waals surface area contributed by atoms with E-state index in [0.29, 0.717) is 0 Å². The molecule has 3 N–H and O–H groups in total. The fourth-order valence-corrected chi connectivity index (χ4v) is 5.80. The van der Waals surface area contributed by atoms with Crippen molar-refractivity contribution in [3.8, 4) is 0 Å². The second-order valence-corrected chi connectivity index (χ2v) is 8.93. The van der Waals surface area contributed by atoms with Crippen LogP contribution >= 0.6 is 34.2 Å². The lowest BCUT2D eigenvalue weighted by atomic mass is 10.1. The standard InChI is InChI=1S/C16H19N3S3/c1-9(17)7-12-13(10-4-5-10)14-15(21-12)16(22-19-14)18-8-11-3-2-6-20-11/h2-3,6,9-10,18H,4-5,7-8,17H2,1H3/t9-/m0/s1. The molecule has 3 aromatic heterocycles. The SMILES string of the molecule is C[C@H](N)Cc1sc2c(NCc3cccs3)snc2c1C1CC1. The Bertz CT molecular complexity index is 766. The first-order valence-electron chi connectivity index (χ1n) is 7.65. The molecule has 6 heteroatoms. The first-order valence-corrected chi connectivity index (χ1v) is 10.1. The van der Waals surface area contributed by atoms with Crippen molar-refractivity contribution in [2.75, 3.05) is 5.32 Å². The predicted molar refractivity (Wildman–Crippen MR) is 98.5 cm³/mol. The van der Waals surface area contributed by atoms with Gasteiger partial charge in [-0.1, -0.05) is 6.07 Å². The summed E-state index contributed by atoms with van der Waals surface area (Å²) in [6.45, 7) is 2.97. The zero-order valence-corrected chi connectivity index (χ0v) is 14.9. The molecule has 0 bridgehead atoms. The van der Waals surface area contributed by atoms with Gasteiger partial charge in [0.25, 0.3) is 0 Å². The summed E-state index contributed by atoms with van der Waals surface area (Å²) >= 11 is 5.29. The molecular formula is C16H19N3S3. The smallest absolute Gasteiger partial charge is 0.127 e. The molecule has 0 spiro atoms. The molecule has 3 aromatic rings. The van der Waals surface area contributed by atoms with Crippen molar-refractivity contribution in [1.82, 2.24) is 4.37 Å². The van der Waals surface area contributed by atoms with E-state index >= 15 is 0 Å². The van der Waals surface area contributed by atoms with Gasteiger partial charge in [-0.15, -0.1) is 22.7 Å². The lowest BCUT2D eigenvalue weighted by molar-refractivity contribution is 0.741. The van der Waals surface area contributed by atoms with Gasteiger partial charge < -0.3 is 11.1 Å². The van der Waals surface area contributed by atoms with E-state index in [-0.39, 0.29) is 6.04 Å². The molecule has 0 unspecified atom stereocenters. The molecule has 22 heavy (non-hydrogen) atoms. The number of nitrogens with two attached hydrogens (primary N) is 1. The van der Waals surface area contributed by atoms with Crippen molar-refractivity contribution in [3.05, 3.63) is 32.8 Å². The molecule has 0 saturated heterocycles. The van der Waals surface area contributed by atoms with Gasteiger partial charge in [-0.05, 0) is 60.6 Å². The molecule has 1 fully saturated rings. The number of hydrogen-bond donors (Lipinski definition) is 2. The van der Waals surface area contributed by atoms with Crippen LogP contribution in [-0.2, 0) is 13.0 Å². The van der Waals surface area contributed by atoms with E-state index in [9.17, 15) is 0 Å². The molecule has 0 aliphatic heterocycles. The Hall–Kier alpha value is -0.950. The van der Waals surface area contributed by atoms with Crippen LogP contribution in [0.15, 0.2) is 17.5 Å². The second-order valence-electron chi connectivity index (χ2n) is 6.02. The first kappa shape index (κ1) is 14.6. The van der Waals surface area contributed by atoms with Crippen LogP contribution in [0.3, 0.4) is 0 Å². The Morgan fingerprint density at radius 3 is 3.00 bits per heavy atom. The number of aromatic nitrogens is 1. The van der Waals surface area contributed by atoms with Crippen molar-refractivity contribution in [1.29, 1.82) is 0 Å². The first-order chi connectivity index (χ1) is 10.7. The maximum atomic E-state index is 6.04. The van der Waals surface area contributed by atoms with E-state index < -0.39 is 0 Å². The average molecular weight is 350 g/mol. The number of thiophene rings is 2. The fourth-order valence-electron chi connectivity index (χ4n) is 2.79. The number of fused-ring (bicyclic) bond motifs is 1. The molecule has 0 aromatic carbocycles. The van der Waals surface area contributed by atoms with Crippen LogP contribution in [-0.4, -0.2) is 10.4 Å². The highest BCUT2D eigenvalue weighted by Crippen LogP contribution is 2.50. The van der Waals surface area contributed by atoms with Gasteiger partial charge in [0.15, 0.2) is 0 Å². The lowest BCUT2D eigenvalue weighted by Crippen LogP contribution is -2.17. The molecule has 4 rings (SSSR count). The molecule has 1 saturated carbocycles. The summed E-state index contributed by atoms with van der Waals surface area (Å²) in [6, 6.07) is 4.48. The summed E-state index contributed by atoms with van der Waals surface area (Å²) in [7, 11) is 0. The molecule has 0 amide bonds. The van der Waals surface area contributed by atoms with Crippen molar-refractivity contribution >= 4 is 49.4 Å². The normalized spacial score (nSPS) is 16.3. The minimum Gasteiger partial charge on any atom is -0.370 e. The monoisotopic (exact) mass is 349 g/mol. The third-order valence-electron chi connectivity index (χ3n) is 3.93. The van der Waals surface area contributed by atoms with E-state index in [1.807, 2.05) is 11.3 Å². The quantitative estimate of drug-likeness (QED) is 0.672. The van der Waals surface area contributed by atoms with Crippen molar-refractivity contribution in [2.45, 2.75) is 44.7 Å². The Kier molecular flexibility index (Phi) is 3.94. The van der Waals surface area contributed by atoms with Gasteiger partial charge in [0.05, 0.1) is 11.2 Å². The number of nitrogens with zero attached hydrogens (tertiary/aromatic N) is 1. The van der Waals surface area contributed by atoms with E-state index in [1.165, 1.54) is 43.4 Å². The van der Waals surface area contributed by atoms with Crippen LogP contribution in [0.4, 0.5) is 5.00 Å². The van der Waals surface area contributed by atoms with Crippen LogP contribution < -0.4 is 11.1 Å². The molecule has 0 radical (unpaired) electrons. The minimum atomic E-state index is 0.214. The maximum absolute atomic E-state index is 6.04. The molecule has 1 atom stereocenters. The van der Waals surface area contributed by atoms with Gasteiger partial charge >= 0.3 is 0 Å². The Morgan fingerprint density at radius 1 is 1.45 bits per heavy atom. The van der Waals surface area contributed by atoms with Crippen LogP contribution in [0.25, 0.3) is 10.2 Å². The van der Waals surface area contributed by atoms with Crippen molar-refractivity contribution in [3.63, 3.8) is 0 Å². The van der Waals surface area contributed by atoms with Gasteiger partial charge in [0, 0.05) is 15.8 Å². The maximum Gasteiger partial charge on any atom is 0.127 e. The topological polar surface area (TPSA) is 50.9 Å². The van der Waals surface area contributed by atoms with Gasteiger partial charge in [0.1, 0.15) is 10.5 Å². The fraction of sp³-hybridized carbons (Fsp3) is 0.438. The molecule has 1 aliphatic rings. The zero-order valence-electron chi connectivity index (χ0n) is 12.5. The summed E-state index contributed by atoms with van der Waals surface area (Å²) in [5, 5.41) is 6.90. The Morgan fingerprint density at radius 2 is 2.32 bits per heavy atom. The summed E-state index contributed by atoms with van der Waals surface area (Å²) in [5.41, 5.74) is 8.78. The van der Waals surface area contributed by atoms with Gasteiger partial charge in [-0.3, -0.25) is 0 Å². The average Bonchev–Trinajstić information content (AvgIpc) is 2.91. The zero-order chi connectivity index (χ0) is 15.1. The predicted octanol–water partition coefficient (Wildman–Crippen LogP) is 4.80. The van der Waals surface area contributed by atoms with E-state index in [1.54, 1.807) is 22.9 Å². The summed E-state index contributed by atoms with van der Waals surface area (Å²) in [6.07, 6.45) is 3.60. The highest BCUT2D eigenvalue weighted by molar-refractivity contribution is 7.24. The minimum absolute atomic E-state index is 0.214. The molecule has 3 nitrogen and oxygen atoms in total. The largest absolute Gasteiger partial charge is 0.370 e. The van der Waals surface area contributed by atoms with Crippen molar-refractivity contribution < 1.29 is 0 Å². The van der Waals surface area contributed by atoms with Crippen LogP contribution in [0, 0.1) is 0 Å². The van der Waals surface area contributed by atoms with E-state index in [0.717, 1.165) is 18.9 Å². The summed E-state index contributed by atoms with van der Waals surface area (Å²) < 4.78 is 6.09. The lowest BCUT2D eigenvalue weighted by Gasteiger charge is -2.05. The van der Waals surface area contributed by atoms with Crippen LogP contribution in [0.1, 0.15) is 41.0 Å². The highest BCUT2D eigenvalue weighted by atomic mass is 32.1. The van der Waals surface area contributed by atoms with E-state index in [4.69, 9.17) is 10.1 Å². The third kappa shape index (κ3) is 2.80. The second kappa shape index (κ2) is 5.92.